The maximum atomic E-state index is 11.9. The highest BCUT2D eigenvalue weighted by Crippen LogP contribution is 2.35. The number of para-hydroxylation sites is 1. The molecule has 0 spiro atoms. The third-order valence-corrected chi connectivity index (χ3v) is 3.91. The van der Waals surface area contributed by atoms with Gasteiger partial charge in [0.2, 0.25) is 0 Å². The van der Waals surface area contributed by atoms with Gasteiger partial charge in [0, 0.05) is 5.56 Å². The van der Waals surface area contributed by atoms with Gasteiger partial charge in [0.25, 0.3) is 0 Å². The molecule has 0 aliphatic carbocycles. The Bertz CT molecular complexity index is 453. The number of carbonyl (C=O) groups excluding carboxylic acids is 1. The first kappa shape index (κ1) is 16.7. The molecule has 1 aromatic rings. The van der Waals surface area contributed by atoms with E-state index in [0.29, 0.717) is 0 Å². The molecule has 0 radical (unpaired) electrons. The topological polar surface area (TPSA) is 44.8 Å². The summed E-state index contributed by atoms with van der Waals surface area (Å²) >= 11 is 0. The first-order valence-corrected chi connectivity index (χ1v) is 10.1. The minimum atomic E-state index is -1.82. The zero-order valence-electron chi connectivity index (χ0n) is 13.1. The molecule has 112 valence electrons. The van der Waals surface area contributed by atoms with E-state index in [9.17, 15) is 4.79 Å². The monoisotopic (exact) mass is 296 g/mol. The summed E-state index contributed by atoms with van der Waals surface area (Å²) in [6, 6.07) is 7.63. The van der Waals surface area contributed by atoms with E-state index in [1.54, 1.807) is 7.11 Å². The predicted octanol–water partition coefficient (Wildman–Crippen LogP) is 3.40. The molecule has 0 aromatic heterocycles. The molecule has 1 aromatic carbocycles. The molecular weight excluding hydrogens is 272 g/mol. The minimum Gasteiger partial charge on any atom is -0.496 e. The Morgan fingerprint density at radius 3 is 2.25 bits per heavy atom. The second kappa shape index (κ2) is 6.90. The van der Waals surface area contributed by atoms with E-state index in [4.69, 9.17) is 13.9 Å². The molecule has 0 aliphatic heterocycles. The highest BCUT2D eigenvalue weighted by Gasteiger charge is 2.33. The summed E-state index contributed by atoms with van der Waals surface area (Å²) in [6.07, 6.45) is -0.356. The van der Waals surface area contributed by atoms with E-state index >= 15 is 0 Å². The van der Waals surface area contributed by atoms with Crippen LogP contribution in [0.15, 0.2) is 24.3 Å². The van der Waals surface area contributed by atoms with Gasteiger partial charge in [-0.1, -0.05) is 18.2 Å². The van der Waals surface area contributed by atoms with Crippen molar-refractivity contribution in [3.63, 3.8) is 0 Å². The summed E-state index contributed by atoms with van der Waals surface area (Å²) in [6.45, 7) is 8.11. The molecular formula is C15H24O4Si. The van der Waals surface area contributed by atoms with E-state index in [1.807, 2.05) is 31.2 Å². The van der Waals surface area contributed by atoms with Crippen molar-refractivity contribution < 1.29 is 18.7 Å². The van der Waals surface area contributed by atoms with Gasteiger partial charge >= 0.3 is 5.97 Å². The van der Waals surface area contributed by atoms with Crippen LogP contribution >= 0.6 is 0 Å². The Labute approximate surface area is 122 Å². The van der Waals surface area contributed by atoms with Gasteiger partial charge in [0.1, 0.15) is 5.75 Å². The Morgan fingerprint density at radius 1 is 1.15 bits per heavy atom. The second-order valence-corrected chi connectivity index (χ2v) is 10.2. The first-order valence-electron chi connectivity index (χ1n) is 6.68. The van der Waals surface area contributed by atoms with Crippen molar-refractivity contribution in [1.82, 2.24) is 0 Å². The number of rotatable bonds is 6. The van der Waals surface area contributed by atoms with Crippen molar-refractivity contribution >= 4 is 14.3 Å². The Kier molecular flexibility index (Phi) is 5.77. The van der Waals surface area contributed by atoms with Gasteiger partial charge in [-0.3, -0.25) is 4.79 Å². The van der Waals surface area contributed by atoms with Crippen LogP contribution < -0.4 is 4.74 Å². The SMILES string of the molecule is COC(=O)[C@@H](C)[C@@H](O[Si](C)(C)C)c1ccccc1OC. The van der Waals surface area contributed by atoms with Crippen molar-refractivity contribution in [2.75, 3.05) is 14.2 Å². The average Bonchev–Trinajstić information content (AvgIpc) is 2.42. The van der Waals surface area contributed by atoms with Crippen molar-refractivity contribution in [3.8, 4) is 5.75 Å². The van der Waals surface area contributed by atoms with Gasteiger partial charge in [-0.05, 0) is 32.6 Å². The van der Waals surface area contributed by atoms with Crippen LogP contribution in [0.5, 0.6) is 5.75 Å². The third-order valence-electron chi connectivity index (χ3n) is 2.95. The van der Waals surface area contributed by atoms with Crippen molar-refractivity contribution in [3.05, 3.63) is 29.8 Å². The van der Waals surface area contributed by atoms with Crippen LogP contribution in [0.1, 0.15) is 18.6 Å². The molecule has 0 heterocycles. The summed E-state index contributed by atoms with van der Waals surface area (Å²) in [7, 11) is 1.19. The van der Waals surface area contributed by atoms with Crippen LogP contribution in [-0.2, 0) is 14.0 Å². The lowest BCUT2D eigenvalue weighted by atomic mass is 9.97. The van der Waals surface area contributed by atoms with Crippen LogP contribution in [0, 0.1) is 5.92 Å². The lowest BCUT2D eigenvalue weighted by Gasteiger charge is -2.30. The molecule has 20 heavy (non-hydrogen) atoms. The second-order valence-electron chi connectivity index (χ2n) is 5.70. The number of hydrogen-bond acceptors (Lipinski definition) is 4. The fourth-order valence-corrected chi connectivity index (χ4v) is 3.12. The van der Waals surface area contributed by atoms with Crippen LogP contribution in [0.2, 0.25) is 19.6 Å². The zero-order valence-corrected chi connectivity index (χ0v) is 14.1. The predicted molar refractivity (Wildman–Crippen MR) is 81.3 cm³/mol. The van der Waals surface area contributed by atoms with Crippen molar-refractivity contribution in [2.24, 2.45) is 5.92 Å². The van der Waals surface area contributed by atoms with Crippen LogP contribution in [0.25, 0.3) is 0 Å². The maximum absolute atomic E-state index is 11.9. The van der Waals surface area contributed by atoms with Gasteiger partial charge in [-0.15, -0.1) is 0 Å². The van der Waals surface area contributed by atoms with E-state index in [-0.39, 0.29) is 18.0 Å². The highest BCUT2D eigenvalue weighted by molar-refractivity contribution is 6.69. The molecule has 5 heteroatoms. The quantitative estimate of drug-likeness (QED) is 0.596. The Balaban J connectivity index is 3.19. The van der Waals surface area contributed by atoms with Gasteiger partial charge in [0.05, 0.1) is 26.2 Å². The van der Waals surface area contributed by atoms with E-state index in [1.165, 1.54) is 7.11 Å². The van der Waals surface area contributed by atoms with Gasteiger partial charge in [-0.25, -0.2) is 0 Å². The summed E-state index contributed by atoms with van der Waals surface area (Å²) < 4.78 is 16.5. The molecule has 0 N–H and O–H groups in total. The fraction of sp³-hybridized carbons (Fsp3) is 0.533. The molecule has 4 nitrogen and oxygen atoms in total. The molecule has 1 rings (SSSR count). The van der Waals surface area contributed by atoms with Gasteiger partial charge in [0.15, 0.2) is 8.32 Å². The average molecular weight is 296 g/mol. The minimum absolute atomic E-state index is 0.279. The summed E-state index contributed by atoms with van der Waals surface area (Å²) in [5, 5.41) is 0. The standard InChI is InChI=1S/C15H24O4Si/c1-11(15(16)18-3)14(19-20(4,5)6)12-9-7-8-10-13(12)17-2/h7-11,14H,1-6H3/t11-,14+/m0/s1. The molecule has 0 amide bonds. The van der Waals surface area contributed by atoms with E-state index in [0.717, 1.165) is 11.3 Å². The molecule has 0 fully saturated rings. The maximum Gasteiger partial charge on any atom is 0.311 e. The highest BCUT2D eigenvalue weighted by atomic mass is 28.4. The lowest BCUT2D eigenvalue weighted by molar-refractivity contribution is -0.148. The number of benzene rings is 1. The number of methoxy groups -OCH3 is 2. The molecule has 2 atom stereocenters. The Morgan fingerprint density at radius 2 is 1.75 bits per heavy atom. The third kappa shape index (κ3) is 4.35. The van der Waals surface area contributed by atoms with Gasteiger partial charge < -0.3 is 13.9 Å². The van der Waals surface area contributed by atoms with Gasteiger partial charge in [-0.2, -0.15) is 0 Å². The largest absolute Gasteiger partial charge is 0.496 e. The fourth-order valence-electron chi connectivity index (χ4n) is 2.03. The summed E-state index contributed by atoms with van der Waals surface area (Å²) in [5.41, 5.74) is 0.885. The molecule has 0 aliphatic rings. The molecule has 0 saturated heterocycles. The number of carbonyl (C=O) groups is 1. The normalized spacial score (nSPS) is 14.5. The lowest BCUT2D eigenvalue weighted by Crippen LogP contribution is -2.33. The molecule has 0 unspecified atom stereocenters. The molecule has 0 saturated carbocycles. The Hall–Kier alpha value is -1.33. The first-order chi connectivity index (χ1) is 9.30. The van der Waals surface area contributed by atoms with Crippen LogP contribution in [-0.4, -0.2) is 28.5 Å². The summed E-state index contributed by atoms with van der Waals surface area (Å²) in [5.74, 6) is 0.0636. The number of ether oxygens (including phenoxy) is 2. The van der Waals surface area contributed by atoms with Crippen LogP contribution in [0.3, 0.4) is 0 Å². The number of esters is 1. The molecule has 0 bridgehead atoms. The van der Waals surface area contributed by atoms with Crippen LogP contribution in [0.4, 0.5) is 0 Å². The number of hydrogen-bond donors (Lipinski definition) is 0. The smallest absolute Gasteiger partial charge is 0.311 e. The van der Waals surface area contributed by atoms with Crippen molar-refractivity contribution in [2.45, 2.75) is 32.7 Å². The summed E-state index contributed by atoms with van der Waals surface area (Å²) in [4.78, 5) is 11.9. The van der Waals surface area contributed by atoms with E-state index < -0.39 is 8.32 Å². The van der Waals surface area contributed by atoms with E-state index in [2.05, 4.69) is 19.6 Å². The van der Waals surface area contributed by atoms with Crippen molar-refractivity contribution in [1.29, 1.82) is 0 Å². The zero-order chi connectivity index (χ0) is 15.3.